The lowest BCUT2D eigenvalue weighted by Gasteiger charge is -2.27. The van der Waals surface area contributed by atoms with Gasteiger partial charge in [0.2, 0.25) is 5.91 Å². The van der Waals surface area contributed by atoms with E-state index in [0.717, 1.165) is 18.8 Å². The van der Waals surface area contributed by atoms with Crippen LogP contribution in [0.15, 0.2) is 0 Å². The van der Waals surface area contributed by atoms with Crippen LogP contribution in [0.25, 0.3) is 0 Å². The molecule has 1 atom stereocenters. The molecule has 2 rings (SSSR count). The van der Waals surface area contributed by atoms with E-state index < -0.39 is 15.4 Å². The summed E-state index contributed by atoms with van der Waals surface area (Å²) in [7, 11) is -2.96. The van der Waals surface area contributed by atoms with Crippen molar-refractivity contribution in [3.8, 4) is 0 Å². The van der Waals surface area contributed by atoms with Crippen molar-refractivity contribution < 1.29 is 13.2 Å². The zero-order valence-corrected chi connectivity index (χ0v) is 12.2. The van der Waals surface area contributed by atoms with Crippen LogP contribution >= 0.6 is 11.8 Å². The first-order valence-electron chi connectivity index (χ1n) is 6.18. The molecule has 2 heterocycles. The van der Waals surface area contributed by atoms with Gasteiger partial charge in [-0.05, 0) is 38.1 Å². The summed E-state index contributed by atoms with van der Waals surface area (Å²) >= 11 is 1.63. The minimum absolute atomic E-state index is 0.0492. The van der Waals surface area contributed by atoms with Crippen LogP contribution in [0.3, 0.4) is 0 Å². The summed E-state index contributed by atoms with van der Waals surface area (Å²) in [6.07, 6.45) is 0.526. The van der Waals surface area contributed by atoms with Gasteiger partial charge in [-0.3, -0.25) is 4.79 Å². The molecule has 0 radical (unpaired) electrons. The number of amides is 1. The number of hydrogen-bond acceptors (Lipinski definition) is 5. The van der Waals surface area contributed by atoms with E-state index in [4.69, 9.17) is 0 Å². The molecule has 1 amide bonds. The fourth-order valence-corrected chi connectivity index (χ4v) is 5.30. The third-order valence-corrected chi connectivity index (χ3v) is 6.47. The van der Waals surface area contributed by atoms with Gasteiger partial charge in [-0.25, -0.2) is 8.42 Å². The molecule has 0 aromatic carbocycles. The third kappa shape index (κ3) is 3.86. The molecular weight excluding hydrogens is 272 g/mol. The topological polar surface area (TPSA) is 75.3 Å². The average Bonchev–Trinajstić information content (AvgIpc) is 2.44. The van der Waals surface area contributed by atoms with Gasteiger partial charge in [-0.1, -0.05) is 0 Å². The highest BCUT2D eigenvalue weighted by Crippen LogP contribution is 2.23. The molecule has 0 aliphatic carbocycles. The number of sulfone groups is 1. The Bertz CT molecular complexity index is 420. The molecule has 0 aromatic heterocycles. The normalized spacial score (nSPS) is 30.9. The van der Waals surface area contributed by atoms with Crippen LogP contribution in [-0.2, 0) is 14.6 Å². The van der Waals surface area contributed by atoms with E-state index in [1.54, 1.807) is 11.8 Å². The van der Waals surface area contributed by atoms with Crippen molar-refractivity contribution in [3.63, 3.8) is 0 Å². The summed E-state index contributed by atoms with van der Waals surface area (Å²) in [4.78, 5) is 11.8. The second-order valence-electron chi connectivity index (χ2n) is 5.49. The minimum Gasteiger partial charge on any atom is -0.349 e. The van der Waals surface area contributed by atoms with Crippen LogP contribution in [0.2, 0.25) is 0 Å². The maximum Gasteiger partial charge on any atom is 0.230 e. The Balaban J connectivity index is 1.70. The Morgan fingerprint density at radius 2 is 2.22 bits per heavy atom. The third-order valence-electron chi connectivity index (χ3n) is 3.40. The lowest BCUT2D eigenvalue weighted by molar-refractivity contribution is -0.120. The highest BCUT2D eigenvalue weighted by Gasteiger charge is 2.39. The lowest BCUT2D eigenvalue weighted by Crippen LogP contribution is -2.48. The molecule has 2 aliphatic rings. The van der Waals surface area contributed by atoms with Gasteiger partial charge in [0.05, 0.1) is 22.8 Å². The van der Waals surface area contributed by atoms with Crippen molar-refractivity contribution in [2.24, 2.45) is 5.92 Å². The quantitative estimate of drug-likeness (QED) is 0.723. The molecule has 7 heteroatoms. The first kappa shape index (κ1) is 14.1. The summed E-state index contributed by atoms with van der Waals surface area (Å²) in [5.41, 5.74) is -0.561. The zero-order valence-electron chi connectivity index (χ0n) is 10.6. The van der Waals surface area contributed by atoms with Crippen molar-refractivity contribution in [1.82, 2.24) is 10.6 Å². The van der Waals surface area contributed by atoms with E-state index in [9.17, 15) is 13.2 Å². The van der Waals surface area contributed by atoms with Crippen LogP contribution in [0.1, 0.15) is 13.3 Å². The summed E-state index contributed by atoms with van der Waals surface area (Å²) in [6.45, 7) is 3.91. The number of rotatable bonds is 5. The lowest BCUT2D eigenvalue weighted by atomic mass is 10.0. The molecule has 5 nitrogen and oxygen atoms in total. The highest BCUT2D eigenvalue weighted by atomic mass is 32.2. The SMILES string of the molecule is CC1(NC(=O)CSCC2CNC2)CCS(=O)(=O)C1. The Hall–Kier alpha value is -0.270. The molecular formula is C11H20N2O3S2. The van der Waals surface area contributed by atoms with Gasteiger partial charge in [0.25, 0.3) is 0 Å². The Labute approximate surface area is 112 Å². The fraction of sp³-hybridized carbons (Fsp3) is 0.909. The van der Waals surface area contributed by atoms with E-state index in [1.807, 2.05) is 6.92 Å². The summed E-state index contributed by atoms with van der Waals surface area (Å²) < 4.78 is 22.8. The summed E-state index contributed by atoms with van der Waals surface area (Å²) in [5, 5.41) is 6.06. The average molecular weight is 292 g/mol. The van der Waals surface area contributed by atoms with Gasteiger partial charge in [-0.15, -0.1) is 0 Å². The molecule has 2 saturated heterocycles. The van der Waals surface area contributed by atoms with Crippen molar-refractivity contribution in [1.29, 1.82) is 0 Å². The predicted molar refractivity (Wildman–Crippen MR) is 73.5 cm³/mol. The van der Waals surface area contributed by atoms with E-state index >= 15 is 0 Å². The second kappa shape index (κ2) is 5.38. The van der Waals surface area contributed by atoms with E-state index in [0.29, 0.717) is 18.1 Å². The number of nitrogens with one attached hydrogen (secondary N) is 2. The smallest absolute Gasteiger partial charge is 0.230 e. The number of thioether (sulfide) groups is 1. The monoisotopic (exact) mass is 292 g/mol. The van der Waals surface area contributed by atoms with Crippen LogP contribution < -0.4 is 10.6 Å². The standard InChI is InChI=1S/C11H20N2O3S2/c1-11(2-3-18(15,16)8-11)13-10(14)7-17-6-9-4-12-5-9/h9,12H,2-8H2,1H3,(H,13,14). The van der Waals surface area contributed by atoms with Crippen LogP contribution in [0.5, 0.6) is 0 Å². The van der Waals surface area contributed by atoms with Crippen molar-refractivity contribution in [3.05, 3.63) is 0 Å². The number of carbonyl (C=O) groups excluding carboxylic acids is 1. The van der Waals surface area contributed by atoms with Gasteiger partial charge < -0.3 is 10.6 Å². The van der Waals surface area contributed by atoms with Crippen molar-refractivity contribution >= 4 is 27.5 Å². The van der Waals surface area contributed by atoms with Crippen LogP contribution in [0, 0.1) is 5.92 Å². The maximum absolute atomic E-state index is 11.8. The van der Waals surface area contributed by atoms with Gasteiger partial charge >= 0.3 is 0 Å². The van der Waals surface area contributed by atoms with Gasteiger partial charge in [0.1, 0.15) is 0 Å². The molecule has 104 valence electrons. The first-order chi connectivity index (χ1) is 8.39. The van der Waals surface area contributed by atoms with Crippen LogP contribution in [-0.4, -0.2) is 56.0 Å². The maximum atomic E-state index is 11.8. The van der Waals surface area contributed by atoms with Crippen LogP contribution in [0.4, 0.5) is 0 Å². The fourth-order valence-electron chi connectivity index (χ4n) is 2.27. The van der Waals surface area contributed by atoms with Gasteiger partial charge in [0.15, 0.2) is 9.84 Å². The van der Waals surface area contributed by atoms with Crippen molar-refractivity contribution in [2.45, 2.75) is 18.9 Å². The Kier molecular flexibility index (Phi) is 4.23. The summed E-state index contributed by atoms with van der Waals surface area (Å²) in [5.74, 6) is 2.31. The highest BCUT2D eigenvalue weighted by molar-refractivity contribution is 7.99. The van der Waals surface area contributed by atoms with E-state index in [1.165, 1.54) is 0 Å². The molecule has 0 saturated carbocycles. The molecule has 2 fully saturated rings. The van der Waals surface area contributed by atoms with E-state index in [-0.39, 0.29) is 17.4 Å². The van der Waals surface area contributed by atoms with Crippen molar-refractivity contribution in [2.75, 3.05) is 36.1 Å². The largest absolute Gasteiger partial charge is 0.349 e. The molecule has 18 heavy (non-hydrogen) atoms. The number of carbonyl (C=O) groups is 1. The number of hydrogen-bond donors (Lipinski definition) is 2. The summed E-state index contributed by atoms with van der Waals surface area (Å²) in [6, 6.07) is 0. The first-order valence-corrected chi connectivity index (χ1v) is 9.16. The molecule has 0 spiro atoms. The Morgan fingerprint density at radius 3 is 2.72 bits per heavy atom. The molecule has 0 aromatic rings. The van der Waals surface area contributed by atoms with Gasteiger partial charge in [0, 0.05) is 0 Å². The Morgan fingerprint density at radius 1 is 1.50 bits per heavy atom. The van der Waals surface area contributed by atoms with E-state index in [2.05, 4.69) is 10.6 Å². The van der Waals surface area contributed by atoms with Gasteiger partial charge in [-0.2, -0.15) is 11.8 Å². The zero-order chi connectivity index (χ0) is 13.2. The molecule has 2 N–H and O–H groups in total. The minimum atomic E-state index is -2.96. The molecule has 1 unspecified atom stereocenters. The predicted octanol–water partition coefficient (Wildman–Crippen LogP) is -0.368. The molecule has 2 aliphatic heterocycles. The second-order valence-corrected chi connectivity index (χ2v) is 8.70. The molecule has 0 bridgehead atoms.